The van der Waals surface area contributed by atoms with Gasteiger partial charge in [0.2, 0.25) is 0 Å². The lowest BCUT2D eigenvalue weighted by molar-refractivity contribution is 0.0696. The van der Waals surface area contributed by atoms with Crippen LogP contribution in [0.4, 0.5) is 0 Å². The molecular weight excluding hydrogens is 292 g/mol. The predicted molar refractivity (Wildman–Crippen MR) is 84.9 cm³/mol. The van der Waals surface area contributed by atoms with Gasteiger partial charge in [-0.3, -0.25) is 4.79 Å². The summed E-state index contributed by atoms with van der Waals surface area (Å²) in [6.07, 6.45) is 3.20. The number of rotatable bonds is 5. The Bertz CT molecular complexity index is 673. The molecule has 5 nitrogen and oxygen atoms in total. The highest BCUT2D eigenvalue weighted by Gasteiger charge is 2.36. The molecule has 5 heteroatoms. The normalized spacial score (nSPS) is 20.6. The van der Waals surface area contributed by atoms with E-state index in [2.05, 4.69) is 5.16 Å². The van der Waals surface area contributed by atoms with E-state index in [0.717, 1.165) is 44.6 Å². The van der Waals surface area contributed by atoms with Gasteiger partial charge in [0.25, 0.3) is 5.91 Å². The average Bonchev–Trinajstić information content (AvgIpc) is 3.10. The molecule has 2 aliphatic rings. The van der Waals surface area contributed by atoms with E-state index in [-0.39, 0.29) is 5.91 Å². The molecule has 0 radical (unpaired) electrons. The minimum absolute atomic E-state index is 0.0228. The number of benzene rings is 1. The van der Waals surface area contributed by atoms with E-state index < -0.39 is 0 Å². The second-order valence-corrected chi connectivity index (χ2v) is 6.36. The van der Waals surface area contributed by atoms with Crippen LogP contribution in [0.2, 0.25) is 0 Å². The monoisotopic (exact) mass is 312 g/mol. The fourth-order valence-electron chi connectivity index (χ4n) is 3.05. The summed E-state index contributed by atoms with van der Waals surface area (Å²) in [5, 5.41) is 4.00. The van der Waals surface area contributed by atoms with Crippen molar-refractivity contribution in [3.63, 3.8) is 0 Å². The molecule has 2 fully saturated rings. The number of ether oxygens (including phenoxy) is 1. The van der Waals surface area contributed by atoms with Gasteiger partial charge in [-0.25, -0.2) is 0 Å². The molecule has 1 aliphatic heterocycles. The average molecular weight is 312 g/mol. The fraction of sp³-hybridized carbons (Fsp3) is 0.444. The molecule has 23 heavy (non-hydrogen) atoms. The van der Waals surface area contributed by atoms with E-state index in [4.69, 9.17) is 9.26 Å². The zero-order valence-corrected chi connectivity index (χ0v) is 13.0. The molecule has 1 aromatic carbocycles. The number of hydrogen-bond donors (Lipinski definition) is 0. The fourth-order valence-corrected chi connectivity index (χ4v) is 3.05. The first-order valence-corrected chi connectivity index (χ1v) is 8.22. The maximum atomic E-state index is 12.8. The van der Waals surface area contributed by atoms with Crippen LogP contribution in [-0.2, 0) is 4.74 Å². The maximum absolute atomic E-state index is 12.8. The second-order valence-electron chi connectivity index (χ2n) is 6.36. The highest BCUT2D eigenvalue weighted by Crippen LogP contribution is 2.31. The quantitative estimate of drug-likeness (QED) is 0.851. The molecule has 0 bridgehead atoms. The van der Waals surface area contributed by atoms with Crippen molar-refractivity contribution in [3.8, 4) is 11.3 Å². The van der Waals surface area contributed by atoms with Gasteiger partial charge in [0.05, 0.1) is 6.61 Å². The van der Waals surface area contributed by atoms with Gasteiger partial charge in [0, 0.05) is 36.7 Å². The third-order valence-corrected chi connectivity index (χ3v) is 4.51. The van der Waals surface area contributed by atoms with Gasteiger partial charge in [-0.15, -0.1) is 0 Å². The number of nitrogens with zero attached hydrogens (tertiary/aromatic N) is 2. The van der Waals surface area contributed by atoms with Gasteiger partial charge in [-0.1, -0.05) is 35.5 Å². The lowest BCUT2D eigenvalue weighted by Gasteiger charge is -2.24. The number of hydrogen-bond acceptors (Lipinski definition) is 4. The molecule has 2 heterocycles. The van der Waals surface area contributed by atoms with Crippen LogP contribution in [-0.4, -0.2) is 41.8 Å². The molecule has 2 aromatic rings. The first kappa shape index (κ1) is 14.5. The van der Waals surface area contributed by atoms with E-state index in [1.54, 1.807) is 6.07 Å². The standard InChI is InChI=1S/C18H20N2O3/c21-18(20(15-6-7-15)11-13-8-9-22-12-13)16-10-17(23-19-16)14-4-2-1-3-5-14/h1-5,10,13,15H,6-9,11-12H2. The minimum atomic E-state index is -0.0228. The summed E-state index contributed by atoms with van der Waals surface area (Å²) in [5.74, 6) is 1.05. The smallest absolute Gasteiger partial charge is 0.276 e. The molecule has 1 atom stereocenters. The lowest BCUT2D eigenvalue weighted by atomic mass is 10.1. The molecule has 0 N–H and O–H groups in total. The molecule has 1 saturated heterocycles. The van der Waals surface area contributed by atoms with Gasteiger partial charge >= 0.3 is 0 Å². The summed E-state index contributed by atoms with van der Waals surface area (Å²) in [6, 6.07) is 11.8. The van der Waals surface area contributed by atoms with Crippen molar-refractivity contribution in [1.82, 2.24) is 10.1 Å². The van der Waals surface area contributed by atoms with Crippen LogP contribution in [0.15, 0.2) is 40.9 Å². The van der Waals surface area contributed by atoms with Gasteiger partial charge in [-0.2, -0.15) is 0 Å². The Morgan fingerprint density at radius 2 is 2.04 bits per heavy atom. The van der Waals surface area contributed by atoms with Crippen LogP contribution in [0.3, 0.4) is 0 Å². The maximum Gasteiger partial charge on any atom is 0.276 e. The predicted octanol–water partition coefficient (Wildman–Crippen LogP) is 2.98. The Morgan fingerprint density at radius 1 is 1.22 bits per heavy atom. The topological polar surface area (TPSA) is 55.6 Å². The van der Waals surface area contributed by atoms with E-state index >= 15 is 0 Å². The second kappa shape index (κ2) is 6.16. The van der Waals surface area contributed by atoms with Crippen LogP contribution in [0.1, 0.15) is 29.8 Å². The molecule has 0 spiro atoms. The zero-order valence-electron chi connectivity index (χ0n) is 13.0. The molecular formula is C18H20N2O3. The van der Waals surface area contributed by atoms with E-state index in [0.29, 0.717) is 23.4 Å². The Morgan fingerprint density at radius 3 is 2.74 bits per heavy atom. The molecule has 120 valence electrons. The minimum Gasteiger partial charge on any atom is -0.381 e. The molecule has 1 unspecified atom stereocenters. The molecule has 4 rings (SSSR count). The van der Waals surface area contributed by atoms with Crippen LogP contribution in [0.25, 0.3) is 11.3 Å². The Labute approximate surface area is 135 Å². The molecule has 1 amide bonds. The summed E-state index contributed by atoms with van der Waals surface area (Å²) < 4.78 is 10.8. The van der Waals surface area contributed by atoms with Crippen LogP contribution < -0.4 is 0 Å². The Hall–Kier alpha value is -2.14. The van der Waals surface area contributed by atoms with Crippen molar-refractivity contribution in [3.05, 3.63) is 42.1 Å². The molecule has 1 saturated carbocycles. The van der Waals surface area contributed by atoms with Crippen LogP contribution in [0, 0.1) is 5.92 Å². The van der Waals surface area contributed by atoms with Crippen molar-refractivity contribution >= 4 is 5.91 Å². The van der Waals surface area contributed by atoms with Crippen LogP contribution >= 0.6 is 0 Å². The van der Waals surface area contributed by atoms with Crippen molar-refractivity contribution in [1.29, 1.82) is 0 Å². The first-order chi connectivity index (χ1) is 11.3. The Balaban J connectivity index is 1.51. The number of carbonyl (C=O) groups is 1. The van der Waals surface area contributed by atoms with Gasteiger partial charge in [0.15, 0.2) is 11.5 Å². The van der Waals surface area contributed by atoms with Crippen molar-refractivity contribution < 1.29 is 14.1 Å². The first-order valence-electron chi connectivity index (χ1n) is 8.22. The largest absolute Gasteiger partial charge is 0.381 e. The van der Waals surface area contributed by atoms with Crippen molar-refractivity contribution in [2.75, 3.05) is 19.8 Å². The number of carbonyl (C=O) groups excluding carboxylic acids is 1. The van der Waals surface area contributed by atoms with Crippen molar-refractivity contribution in [2.45, 2.75) is 25.3 Å². The highest BCUT2D eigenvalue weighted by molar-refractivity contribution is 5.93. The summed E-state index contributed by atoms with van der Waals surface area (Å²) in [5.41, 5.74) is 1.33. The number of amides is 1. The van der Waals surface area contributed by atoms with Gasteiger partial charge < -0.3 is 14.2 Å². The van der Waals surface area contributed by atoms with E-state index in [1.807, 2.05) is 35.2 Å². The summed E-state index contributed by atoms with van der Waals surface area (Å²) in [7, 11) is 0. The highest BCUT2D eigenvalue weighted by atomic mass is 16.5. The van der Waals surface area contributed by atoms with Gasteiger partial charge in [0.1, 0.15) is 0 Å². The third kappa shape index (κ3) is 3.15. The van der Waals surface area contributed by atoms with E-state index in [1.165, 1.54) is 0 Å². The summed E-state index contributed by atoms with van der Waals surface area (Å²) in [6.45, 7) is 2.32. The van der Waals surface area contributed by atoms with Crippen LogP contribution in [0.5, 0.6) is 0 Å². The Kier molecular flexibility index (Phi) is 3.87. The SMILES string of the molecule is O=C(c1cc(-c2ccccc2)on1)N(CC1CCOC1)C1CC1. The molecule has 1 aromatic heterocycles. The number of aromatic nitrogens is 1. The van der Waals surface area contributed by atoms with Gasteiger partial charge in [-0.05, 0) is 19.3 Å². The van der Waals surface area contributed by atoms with Crippen molar-refractivity contribution in [2.24, 2.45) is 5.92 Å². The van der Waals surface area contributed by atoms with E-state index in [9.17, 15) is 4.79 Å². The third-order valence-electron chi connectivity index (χ3n) is 4.51. The summed E-state index contributed by atoms with van der Waals surface area (Å²) >= 11 is 0. The lowest BCUT2D eigenvalue weighted by Crippen LogP contribution is -2.37. The summed E-state index contributed by atoms with van der Waals surface area (Å²) in [4.78, 5) is 14.8. The molecule has 1 aliphatic carbocycles. The zero-order chi connectivity index (χ0) is 15.6.